The third kappa shape index (κ3) is 2.78. The van der Waals surface area contributed by atoms with Crippen LogP contribution in [0.3, 0.4) is 0 Å². The van der Waals surface area contributed by atoms with Crippen molar-refractivity contribution in [2.24, 2.45) is 7.05 Å². The van der Waals surface area contributed by atoms with E-state index in [0.29, 0.717) is 0 Å². The van der Waals surface area contributed by atoms with Gasteiger partial charge in [0.05, 0.1) is 11.8 Å². The maximum absolute atomic E-state index is 12.7. The molecule has 0 amide bonds. The van der Waals surface area contributed by atoms with Crippen molar-refractivity contribution in [1.29, 1.82) is 0 Å². The molecule has 2 rings (SSSR count). The minimum absolute atomic E-state index is 0.0348. The molecule has 0 spiro atoms. The number of nitrogens with zero attached hydrogens (tertiary/aromatic N) is 2. The first kappa shape index (κ1) is 14.8. The van der Waals surface area contributed by atoms with Crippen molar-refractivity contribution in [3.05, 3.63) is 51.9 Å². The van der Waals surface area contributed by atoms with Crippen molar-refractivity contribution in [3.63, 3.8) is 0 Å². The number of rotatable bonds is 2. The zero-order valence-corrected chi connectivity index (χ0v) is 10.7. The quantitative estimate of drug-likeness (QED) is 0.922. The molecule has 1 heterocycles. The molecule has 0 aliphatic heterocycles. The monoisotopic (exact) mass is 298 g/mol. The zero-order valence-electron chi connectivity index (χ0n) is 10.7. The van der Waals surface area contributed by atoms with Gasteiger partial charge in [-0.2, -0.15) is 18.3 Å². The van der Waals surface area contributed by atoms with Gasteiger partial charge in [-0.3, -0.25) is 4.79 Å². The number of alkyl halides is 3. The topological polar surface area (TPSA) is 72.2 Å². The second-order valence-corrected chi connectivity index (χ2v) is 4.25. The van der Waals surface area contributed by atoms with Gasteiger partial charge in [0.2, 0.25) is 0 Å². The number of carbonyl (C=O) groups is 1. The van der Waals surface area contributed by atoms with Crippen LogP contribution in [0.25, 0.3) is 11.1 Å². The highest BCUT2D eigenvalue weighted by molar-refractivity contribution is 5.95. The average Bonchev–Trinajstić information content (AvgIpc) is 2.40. The molecular formula is C13H9F3N2O3. The summed E-state index contributed by atoms with van der Waals surface area (Å²) in [6, 6.07) is 4.07. The predicted molar refractivity (Wildman–Crippen MR) is 66.9 cm³/mol. The third-order valence-corrected chi connectivity index (χ3v) is 2.85. The molecule has 21 heavy (non-hydrogen) atoms. The molecule has 0 aliphatic carbocycles. The summed E-state index contributed by atoms with van der Waals surface area (Å²) in [7, 11) is 1.25. The lowest BCUT2D eigenvalue weighted by Gasteiger charge is -2.10. The van der Waals surface area contributed by atoms with Crippen molar-refractivity contribution in [3.8, 4) is 11.1 Å². The molecule has 5 nitrogen and oxygen atoms in total. The summed E-state index contributed by atoms with van der Waals surface area (Å²) >= 11 is 0. The number of carboxylic acids is 1. The highest BCUT2D eigenvalue weighted by Gasteiger charge is 2.31. The van der Waals surface area contributed by atoms with Gasteiger partial charge in [0.25, 0.3) is 5.56 Å². The second kappa shape index (κ2) is 5.04. The number of carboxylic acid groups (broad SMARTS) is 1. The largest absolute Gasteiger partial charge is 0.477 e. The molecule has 1 N–H and O–H groups in total. The van der Waals surface area contributed by atoms with Crippen LogP contribution in [0.2, 0.25) is 0 Å². The van der Waals surface area contributed by atoms with Crippen molar-refractivity contribution in [2.75, 3.05) is 0 Å². The normalized spacial score (nSPS) is 11.4. The molecule has 0 saturated heterocycles. The standard InChI is InChI=1S/C13H9F3N2O3/c1-18-11(19)10(12(20)21)9(6-17-18)7-3-2-4-8(5-7)13(14,15)16/h2-6H,1H3,(H,20,21). The summed E-state index contributed by atoms with van der Waals surface area (Å²) in [5, 5.41) is 12.7. The Morgan fingerprint density at radius 1 is 1.33 bits per heavy atom. The summed E-state index contributed by atoms with van der Waals surface area (Å²) in [5.74, 6) is -1.52. The zero-order chi connectivity index (χ0) is 15.8. The van der Waals surface area contributed by atoms with E-state index >= 15 is 0 Å². The van der Waals surface area contributed by atoms with Crippen LogP contribution in [-0.4, -0.2) is 20.9 Å². The number of hydrogen-bond donors (Lipinski definition) is 1. The number of aromatic carboxylic acids is 1. The molecule has 1 aromatic carbocycles. The first-order valence-electron chi connectivity index (χ1n) is 5.69. The molecule has 0 unspecified atom stereocenters. The van der Waals surface area contributed by atoms with E-state index in [1.165, 1.54) is 13.1 Å². The second-order valence-electron chi connectivity index (χ2n) is 4.25. The number of hydrogen-bond acceptors (Lipinski definition) is 3. The van der Waals surface area contributed by atoms with E-state index < -0.39 is 28.8 Å². The highest BCUT2D eigenvalue weighted by atomic mass is 19.4. The SMILES string of the molecule is Cn1ncc(-c2cccc(C(F)(F)F)c2)c(C(=O)O)c1=O. The Morgan fingerprint density at radius 3 is 2.57 bits per heavy atom. The maximum Gasteiger partial charge on any atom is 0.416 e. The van der Waals surface area contributed by atoms with Crippen LogP contribution >= 0.6 is 0 Å². The first-order valence-corrected chi connectivity index (χ1v) is 5.69. The van der Waals surface area contributed by atoms with Gasteiger partial charge in [-0.15, -0.1) is 0 Å². The Kier molecular flexibility index (Phi) is 3.54. The fourth-order valence-electron chi connectivity index (χ4n) is 1.83. The molecule has 0 saturated carbocycles. The Morgan fingerprint density at radius 2 is 2.00 bits per heavy atom. The molecular weight excluding hydrogens is 289 g/mol. The van der Waals surface area contributed by atoms with E-state index in [1.54, 1.807) is 0 Å². The summed E-state index contributed by atoms with van der Waals surface area (Å²) in [6.45, 7) is 0. The molecule has 0 atom stereocenters. The Balaban J connectivity index is 2.71. The van der Waals surface area contributed by atoms with Gasteiger partial charge in [-0.1, -0.05) is 12.1 Å². The first-order chi connectivity index (χ1) is 9.71. The summed E-state index contributed by atoms with van der Waals surface area (Å²) < 4.78 is 38.9. The summed E-state index contributed by atoms with van der Waals surface area (Å²) in [6.07, 6.45) is -3.51. The van der Waals surface area contributed by atoms with Crippen LogP contribution in [0, 0.1) is 0 Å². The van der Waals surface area contributed by atoms with E-state index in [9.17, 15) is 22.8 Å². The van der Waals surface area contributed by atoms with Gasteiger partial charge in [-0.25, -0.2) is 9.48 Å². The molecule has 0 bridgehead atoms. The lowest BCUT2D eigenvalue weighted by atomic mass is 10.0. The van der Waals surface area contributed by atoms with E-state index in [1.807, 2.05) is 0 Å². The molecule has 0 radical (unpaired) electrons. The third-order valence-electron chi connectivity index (χ3n) is 2.85. The van der Waals surface area contributed by atoms with Gasteiger partial charge in [0.15, 0.2) is 0 Å². The highest BCUT2D eigenvalue weighted by Crippen LogP contribution is 2.32. The predicted octanol–water partition coefficient (Wildman–Crippen LogP) is 2.16. The van der Waals surface area contributed by atoms with E-state index in [-0.39, 0.29) is 11.1 Å². The molecule has 110 valence electrons. The minimum Gasteiger partial charge on any atom is -0.477 e. The van der Waals surface area contributed by atoms with Crippen LogP contribution in [-0.2, 0) is 13.2 Å². The van der Waals surface area contributed by atoms with Crippen LogP contribution in [0.4, 0.5) is 13.2 Å². The maximum atomic E-state index is 12.7. The Labute approximate surface area is 116 Å². The molecule has 8 heteroatoms. The van der Waals surface area contributed by atoms with Gasteiger partial charge in [0.1, 0.15) is 5.56 Å². The number of halogens is 3. The number of aryl methyl sites for hydroxylation is 1. The van der Waals surface area contributed by atoms with Crippen LogP contribution in [0.15, 0.2) is 35.3 Å². The van der Waals surface area contributed by atoms with Crippen LogP contribution in [0.5, 0.6) is 0 Å². The number of benzene rings is 1. The van der Waals surface area contributed by atoms with Gasteiger partial charge in [0, 0.05) is 12.6 Å². The van der Waals surface area contributed by atoms with Gasteiger partial charge < -0.3 is 5.11 Å². The van der Waals surface area contributed by atoms with E-state index in [4.69, 9.17) is 5.11 Å². The molecule has 2 aromatic rings. The Hall–Kier alpha value is -2.64. The van der Waals surface area contributed by atoms with Crippen molar-refractivity contribution in [1.82, 2.24) is 9.78 Å². The molecule has 0 fully saturated rings. The lowest BCUT2D eigenvalue weighted by Crippen LogP contribution is -2.27. The van der Waals surface area contributed by atoms with Crippen molar-refractivity contribution < 1.29 is 23.1 Å². The fraction of sp³-hybridized carbons (Fsp3) is 0.154. The lowest BCUT2D eigenvalue weighted by molar-refractivity contribution is -0.137. The Bertz CT molecular complexity index is 766. The van der Waals surface area contributed by atoms with Gasteiger partial charge >= 0.3 is 12.1 Å². The van der Waals surface area contributed by atoms with Crippen LogP contribution in [0.1, 0.15) is 15.9 Å². The molecule has 0 aliphatic rings. The van der Waals surface area contributed by atoms with Crippen LogP contribution < -0.4 is 5.56 Å². The van der Waals surface area contributed by atoms with Crippen molar-refractivity contribution in [2.45, 2.75) is 6.18 Å². The van der Waals surface area contributed by atoms with E-state index in [0.717, 1.165) is 29.1 Å². The van der Waals surface area contributed by atoms with Gasteiger partial charge in [-0.05, 0) is 17.7 Å². The number of aromatic nitrogens is 2. The van der Waals surface area contributed by atoms with E-state index in [2.05, 4.69) is 5.10 Å². The molecule has 1 aromatic heterocycles. The van der Waals surface area contributed by atoms with Crippen molar-refractivity contribution >= 4 is 5.97 Å². The minimum atomic E-state index is -4.56. The fourth-order valence-corrected chi connectivity index (χ4v) is 1.83. The summed E-state index contributed by atoms with van der Waals surface area (Å²) in [4.78, 5) is 23.0. The average molecular weight is 298 g/mol. The summed E-state index contributed by atoms with van der Waals surface area (Å²) in [5.41, 5.74) is -2.63. The smallest absolute Gasteiger partial charge is 0.416 e.